The molecule has 2 aromatic rings. The Hall–Kier alpha value is -2.49. The minimum Gasteiger partial charge on any atom is -0.491 e. The second kappa shape index (κ2) is 8.39. The van der Waals surface area contributed by atoms with Gasteiger partial charge >= 0.3 is 0 Å². The van der Waals surface area contributed by atoms with E-state index in [2.05, 4.69) is 5.32 Å². The van der Waals surface area contributed by atoms with E-state index in [9.17, 15) is 4.79 Å². The van der Waals surface area contributed by atoms with Gasteiger partial charge in [0.15, 0.2) is 6.10 Å². The second-order valence-electron chi connectivity index (χ2n) is 5.91. The minimum atomic E-state index is -0.550. The molecule has 24 heavy (non-hydrogen) atoms. The summed E-state index contributed by atoms with van der Waals surface area (Å²) in [4.78, 5) is 12.1. The molecule has 0 aliphatic heterocycles. The Labute approximate surface area is 143 Å². The molecule has 0 spiro atoms. The highest BCUT2D eigenvalue weighted by Crippen LogP contribution is 2.18. The molecule has 0 unspecified atom stereocenters. The average molecular weight is 327 g/mol. The lowest BCUT2D eigenvalue weighted by molar-refractivity contribution is -0.127. The molecule has 2 aromatic carbocycles. The van der Waals surface area contributed by atoms with Crippen molar-refractivity contribution < 1.29 is 14.3 Å². The number of benzene rings is 2. The van der Waals surface area contributed by atoms with Crippen LogP contribution in [0.25, 0.3) is 0 Å². The Balaban J connectivity index is 1.75. The Kier molecular flexibility index (Phi) is 6.24. The molecule has 1 amide bonds. The molecule has 2 rings (SSSR count). The fraction of sp³-hybridized carbons (Fsp3) is 0.350. The zero-order valence-electron chi connectivity index (χ0n) is 14.8. The van der Waals surface area contributed by atoms with Crippen LogP contribution < -0.4 is 14.8 Å². The van der Waals surface area contributed by atoms with Crippen molar-refractivity contribution in [1.82, 2.24) is 5.32 Å². The van der Waals surface area contributed by atoms with Gasteiger partial charge in [0.1, 0.15) is 18.1 Å². The monoisotopic (exact) mass is 327 g/mol. The van der Waals surface area contributed by atoms with Crippen LogP contribution in [0.1, 0.15) is 23.6 Å². The zero-order valence-corrected chi connectivity index (χ0v) is 14.8. The molecular weight excluding hydrogens is 302 g/mol. The number of amides is 1. The highest BCUT2D eigenvalue weighted by Gasteiger charge is 2.14. The summed E-state index contributed by atoms with van der Waals surface area (Å²) in [5, 5.41) is 2.83. The molecule has 0 heterocycles. The van der Waals surface area contributed by atoms with Crippen LogP contribution in [-0.4, -0.2) is 25.2 Å². The number of carbonyl (C=O) groups excluding carboxylic acids is 1. The van der Waals surface area contributed by atoms with Gasteiger partial charge in [0.25, 0.3) is 5.91 Å². The highest BCUT2D eigenvalue weighted by atomic mass is 16.5. The SMILES string of the molecule is Cc1ccc(O[C@@H](C)C(=O)NCCOc2ccccc2C)cc1C. The molecule has 0 fully saturated rings. The molecule has 1 atom stereocenters. The van der Waals surface area contributed by atoms with Gasteiger partial charge in [-0.05, 0) is 62.6 Å². The number of rotatable bonds is 7. The maximum Gasteiger partial charge on any atom is 0.260 e. The Morgan fingerprint density at radius 3 is 2.50 bits per heavy atom. The number of carbonyl (C=O) groups is 1. The van der Waals surface area contributed by atoms with Gasteiger partial charge in [-0.25, -0.2) is 0 Å². The van der Waals surface area contributed by atoms with Crippen molar-refractivity contribution in [2.45, 2.75) is 33.8 Å². The van der Waals surface area contributed by atoms with E-state index in [-0.39, 0.29) is 5.91 Å². The third-order valence-electron chi connectivity index (χ3n) is 3.91. The molecule has 0 aliphatic rings. The molecule has 4 nitrogen and oxygen atoms in total. The Morgan fingerprint density at radius 2 is 1.79 bits per heavy atom. The first-order valence-electron chi connectivity index (χ1n) is 8.17. The summed E-state index contributed by atoms with van der Waals surface area (Å²) in [5.74, 6) is 1.39. The summed E-state index contributed by atoms with van der Waals surface area (Å²) < 4.78 is 11.4. The number of nitrogens with one attached hydrogen (secondary N) is 1. The summed E-state index contributed by atoms with van der Waals surface area (Å²) in [6.45, 7) is 8.67. The van der Waals surface area contributed by atoms with Crippen LogP contribution >= 0.6 is 0 Å². The maximum atomic E-state index is 12.1. The standard InChI is InChI=1S/C20H25NO3/c1-14-9-10-18(13-16(14)3)24-17(4)20(22)21-11-12-23-19-8-6-5-7-15(19)2/h5-10,13,17H,11-12H2,1-4H3,(H,21,22)/t17-/m0/s1. The first-order chi connectivity index (χ1) is 11.5. The topological polar surface area (TPSA) is 47.6 Å². The lowest BCUT2D eigenvalue weighted by Crippen LogP contribution is -2.38. The van der Waals surface area contributed by atoms with Gasteiger partial charge in [0, 0.05) is 0 Å². The first-order valence-corrected chi connectivity index (χ1v) is 8.17. The number of ether oxygens (including phenoxy) is 2. The number of aryl methyl sites for hydroxylation is 3. The van der Waals surface area contributed by atoms with E-state index >= 15 is 0 Å². The normalized spacial score (nSPS) is 11.7. The molecule has 0 bridgehead atoms. The summed E-state index contributed by atoms with van der Waals surface area (Å²) in [7, 11) is 0. The van der Waals surface area contributed by atoms with Crippen molar-refractivity contribution in [3.8, 4) is 11.5 Å². The quantitative estimate of drug-likeness (QED) is 0.791. The van der Waals surface area contributed by atoms with Gasteiger partial charge in [0.05, 0.1) is 6.54 Å². The third-order valence-corrected chi connectivity index (χ3v) is 3.91. The summed E-state index contributed by atoms with van der Waals surface area (Å²) >= 11 is 0. The smallest absolute Gasteiger partial charge is 0.260 e. The van der Waals surface area contributed by atoms with Crippen molar-refractivity contribution in [2.24, 2.45) is 0 Å². The van der Waals surface area contributed by atoms with Crippen LogP contribution in [0, 0.1) is 20.8 Å². The van der Waals surface area contributed by atoms with Crippen LogP contribution in [0.2, 0.25) is 0 Å². The van der Waals surface area contributed by atoms with Crippen molar-refractivity contribution >= 4 is 5.91 Å². The number of hydrogen-bond donors (Lipinski definition) is 1. The van der Waals surface area contributed by atoms with E-state index < -0.39 is 6.10 Å². The predicted molar refractivity (Wildman–Crippen MR) is 95.7 cm³/mol. The maximum absolute atomic E-state index is 12.1. The molecule has 0 radical (unpaired) electrons. The fourth-order valence-electron chi connectivity index (χ4n) is 2.24. The molecule has 1 N–H and O–H groups in total. The Morgan fingerprint density at radius 1 is 1.04 bits per heavy atom. The summed E-state index contributed by atoms with van der Waals surface area (Å²) in [5.41, 5.74) is 3.43. The lowest BCUT2D eigenvalue weighted by Gasteiger charge is -2.16. The minimum absolute atomic E-state index is 0.151. The van der Waals surface area contributed by atoms with Gasteiger partial charge in [-0.3, -0.25) is 4.79 Å². The molecule has 0 aliphatic carbocycles. The van der Waals surface area contributed by atoms with E-state index in [0.717, 1.165) is 16.9 Å². The largest absolute Gasteiger partial charge is 0.491 e. The van der Waals surface area contributed by atoms with E-state index in [1.807, 2.05) is 63.2 Å². The van der Waals surface area contributed by atoms with E-state index in [0.29, 0.717) is 18.9 Å². The second-order valence-corrected chi connectivity index (χ2v) is 5.91. The van der Waals surface area contributed by atoms with Crippen molar-refractivity contribution in [2.75, 3.05) is 13.2 Å². The van der Waals surface area contributed by atoms with Gasteiger partial charge in [-0.2, -0.15) is 0 Å². The number of hydrogen-bond acceptors (Lipinski definition) is 3. The third kappa shape index (κ3) is 5.01. The molecule has 0 aromatic heterocycles. The molecule has 4 heteroatoms. The zero-order chi connectivity index (χ0) is 17.5. The van der Waals surface area contributed by atoms with Gasteiger partial charge < -0.3 is 14.8 Å². The first kappa shape index (κ1) is 17.9. The van der Waals surface area contributed by atoms with E-state index in [1.165, 1.54) is 5.56 Å². The van der Waals surface area contributed by atoms with E-state index in [1.54, 1.807) is 6.92 Å². The van der Waals surface area contributed by atoms with Gasteiger partial charge in [-0.1, -0.05) is 24.3 Å². The van der Waals surface area contributed by atoms with Crippen LogP contribution in [0.15, 0.2) is 42.5 Å². The average Bonchev–Trinajstić information content (AvgIpc) is 2.56. The Bertz CT molecular complexity index is 697. The van der Waals surface area contributed by atoms with Crippen LogP contribution in [0.5, 0.6) is 11.5 Å². The van der Waals surface area contributed by atoms with Gasteiger partial charge in [0.2, 0.25) is 0 Å². The molecule has 128 valence electrons. The molecule has 0 saturated carbocycles. The number of para-hydroxylation sites is 1. The summed E-state index contributed by atoms with van der Waals surface area (Å²) in [6.07, 6.45) is -0.550. The fourth-order valence-corrected chi connectivity index (χ4v) is 2.24. The van der Waals surface area contributed by atoms with Crippen molar-refractivity contribution in [3.05, 3.63) is 59.2 Å². The molecular formula is C20H25NO3. The summed E-state index contributed by atoms with van der Waals surface area (Å²) in [6, 6.07) is 13.6. The lowest BCUT2D eigenvalue weighted by atomic mass is 10.1. The molecule has 0 saturated heterocycles. The van der Waals surface area contributed by atoms with Crippen LogP contribution in [-0.2, 0) is 4.79 Å². The van der Waals surface area contributed by atoms with Crippen molar-refractivity contribution in [1.29, 1.82) is 0 Å². The predicted octanol–water partition coefficient (Wildman–Crippen LogP) is 3.57. The van der Waals surface area contributed by atoms with Crippen LogP contribution in [0.3, 0.4) is 0 Å². The van der Waals surface area contributed by atoms with Crippen LogP contribution in [0.4, 0.5) is 0 Å². The van der Waals surface area contributed by atoms with Gasteiger partial charge in [-0.15, -0.1) is 0 Å². The van der Waals surface area contributed by atoms with Crippen molar-refractivity contribution in [3.63, 3.8) is 0 Å². The van der Waals surface area contributed by atoms with E-state index in [4.69, 9.17) is 9.47 Å². The highest BCUT2D eigenvalue weighted by molar-refractivity contribution is 5.80.